The normalized spacial score (nSPS) is 9.76. The zero-order valence-corrected chi connectivity index (χ0v) is 12.2. The summed E-state index contributed by atoms with van der Waals surface area (Å²) in [5, 5.41) is 8.67. The fourth-order valence-electron chi connectivity index (χ4n) is 1.67. The highest BCUT2D eigenvalue weighted by molar-refractivity contribution is 7.12. The van der Waals surface area contributed by atoms with Crippen LogP contribution in [0, 0.1) is 11.8 Å². The van der Waals surface area contributed by atoms with Gasteiger partial charge in [-0.25, -0.2) is 0 Å². The third-order valence-corrected chi connectivity index (χ3v) is 3.61. The van der Waals surface area contributed by atoms with Crippen LogP contribution in [0.25, 0.3) is 0 Å². The number of carbonyl (C=O) groups excluding carboxylic acids is 1. The van der Waals surface area contributed by atoms with Crippen molar-refractivity contribution < 1.29 is 14.6 Å². The third kappa shape index (κ3) is 4.35. The fraction of sp³-hybridized carbons (Fsp3) is 0.188. The number of primary amides is 1. The molecule has 0 fully saturated rings. The number of carbonyl (C=O) groups is 1. The largest absolute Gasteiger partial charge is 0.487 e. The van der Waals surface area contributed by atoms with Gasteiger partial charge in [0.1, 0.15) is 12.4 Å². The van der Waals surface area contributed by atoms with E-state index in [2.05, 4.69) is 11.8 Å². The number of ether oxygens (including phenoxy) is 1. The van der Waals surface area contributed by atoms with Gasteiger partial charge in [0, 0.05) is 11.3 Å². The number of hydrogen-bond donors (Lipinski definition) is 2. The average molecular weight is 301 g/mol. The number of para-hydroxylation sites is 1. The van der Waals surface area contributed by atoms with Crippen LogP contribution >= 0.6 is 11.3 Å². The highest BCUT2D eigenvalue weighted by Crippen LogP contribution is 2.21. The zero-order valence-electron chi connectivity index (χ0n) is 11.3. The number of rotatable bonds is 5. The van der Waals surface area contributed by atoms with Crippen molar-refractivity contribution in [1.29, 1.82) is 0 Å². The van der Waals surface area contributed by atoms with E-state index in [1.165, 1.54) is 11.3 Å². The maximum absolute atomic E-state index is 11.3. The molecular formula is C16H15NO3S. The van der Waals surface area contributed by atoms with E-state index in [4.69, 9.17) is 15.6 Å². The minimum Gasteiger partial charge on any atom is -0.487 e. The molecule has 0 bridgehead atoms. The van der Waals surface area contributed by atoms with Crippen molar-refractivity contribution in [3.05, 3.63) is 51.7 Å². The van der Waals surface area contributed by atoms with E-state index < -0.39 is 5.91 Å². The molecule has 3 N–H and O–H groups in total. The van der Waals surface area contributed by atoms with Crippen molar-refractivity contribution in [2.24, 2.45) is 5.73 Å². The van der Waals surface area contributed by atoms with Crippen molar-refractivity contribution in [3.63, 3.8) is 0 Å². The zero-order chi connectivity index (χ0) is 15.1. The first-order valence-electron chi connectivity index (χ1n) is 6.41. The number of nitrogens with two attached hydrogens (primary N) is 1. The summed E-state index contributed by atoms with van der Waals surface area (Å²) in [6, 6.07) is 10.7. The van der Waals surface area contributed by atoms with Crippen LogP contribution in [-0.2, 0) is 6.61 Å². The molecule has 0 atom stereocenters. The lowest BCUT2D eigenvalue weighted by molar-refractivity contribution is 0.0996. The summed E-state index contributed by atoms with van der Waals surface area (Å²) in [7, 11) is 0. The SMILES string of the molecule is NC(=O)c1ccccc1OCc1ccc(C#CCCO)s1. The number of amides is 1. The summed E-state index contributed by atoms with van der Waals surface area (Å²) in [4.78, 5) is 13.2. The predicted octanol–water partition coefficient (Wildman–Crippen LogP) is 2.16. The van der Waals surface area contributed by atoms with Crippen molar-refractivity contribution in [2.75, 3.05) is 6.61 Å². The molecule has 1 amide bonds. The maximum atomic E-state index is 11.3. The van der Waals surface area contributed by atoms with Gasteiger partial charge in [-0.15, -0.1) is 11.3 Å². The first-order valence-corrected chi connectivity index (χ1v) is 7.22. The Hall–Kier alpha value is -2.29. The Morgan fingerprint density at radius 3 is 2.86 bits per heavy atom. The summed E-state index contributed by atoms with van der Waals surface area (Å²) in [6.45, 7) is 0.425. The van der Waals surface area contributed by atoms with Gasteiger partial charge in [0.15, 0.2) is 0 Å². The van der Waals surface area contributed by atoms with Gasteiger partial charge in [0.2, 0.25) is 0 Å². The molecule has 0 spiro atoms. The molecule has 108 valence electrons. The van der Waals surface area contributed by atoms with Crippen LogP contribution < -0.4 is 10.5 Å². The van der Waals surface area contributed by atoms with Gasteiger partial charge in [-0.3, -0.25) is 4.79 Å². The molecule has 1 aromatic heterocycles. The van der Waals surface area contributed by atoms with Crippen LogP contribution in [0.2, 0.25) is 0 Å². The Balaban J connectivity index is 2.01. The molecule has 0 unspecified atom stereocenters. The van der Waals surface area contributed by atoms with Gasteiger partial charge >= 0.3 is 0 Å². The lowest BCUT2D eigenvalue weighted by Gasteiger charge is -2.07. The van der Waals surface area contributed by atoms with E-state index in [0.717, 1.165) is 9.75 Å². The Bertz CT molecular complexity index is 682. The Morgan fingerprint density at radius 2 is 2.10 bits per heavy atom. The molecule has 0 saturated carbocycles. The number of thiophene rings is 1. The predicted molar refractivity (Wildman–Crippen MR) is 82.2 cm³/mol. The molecule has 5 heteroatoms. The molecule has 4 nitrogen and oxygen atoms in total. The van der Waals surface area contributed by atoms with Crippen molar-refractivity contribution in [3.8, 4) is 17.6 Å². The van der Waals surface area contributed by atoms with E-state index in [1.54, 1.807) is 24.3 Å². The molecule has 0 saturated heterocycles. The monoisotopic (exact) mass is 301 g/mol. The van der Waals surface area contributed by atoms with Crippen LogP contribution in [0.1, 0.15) is 26.5 Å². The van der Waals surface area contributed by atoms with Crippen LogP contribution in [0.3, 0.4) is 0 Å². The van der Waals surface area contributed by atoms with Crippen molar-refractivity contribution in [1.82, 2.24) is 0 Å². The van der Waals surface area contributed by atoms with E-state index in [9.17, 15) is 4.79 Å². The molecule has 0 aliphatic rings. The van der Waals surface area contributed by atoms with E-state index in [-0.39, 0.29) is 6.61 Å². The van der Waals surface area contributed by atoms with Crippen LogP contribution in [0.4, 0.5) is 0 Å². The second kappa shape index (κ2) is 7.48. The molecule has 1 aromatic carbocycles. The van der Waals surface area contributed by atoms with E-state index in [1.807, 2.05) is 12.1 Å². The van der Waals surface area contributed by atoms with Crippen LogP contribution in [-0.4, -0.2) is 17.6 Å². The number of aliphatic hydroxyl groups excluding tert-OH is 1. The summed E-state index contributed by atoms with van der Waals surface area (Å²) in [5.41, 5.74) is 5.67. The quantitative estimate of drug-likeness (QED) is 0.831. The van der Waals surface area contributed by atoms with Gasteiger partial charge in [0.05, 0.1) is 17.0 Å². The molecule has 0 aliphatic carbocycles. The molecule has 2 rings (SSSR count). The van der Waals surface area contributed by atoms with Gasteiger partial charge in [-0.2, -0.15) is 0 Å². The van der Waals surface area contributed by atoms with Crippen molar-refractivity contribution >= 4 is 17.2 Å². The second-order valence-corrected chi connectivity index (χ2v) is 5.36. The minimum absolute atomic E-state index is 0.0677. The molecule has 0 aliphatic heterocycles. The first kappa shape index (κ1) is 15.1. The Morgan fingerprint density at radius 1 is 1.29 bits per heavy atom. The lowest BCUT2D eigenvalue weighted by Crippen LogP contribution is -2.12. The molecule has 0 radical (unpaired) electrons. The van der Waals surface area contributed by atoms with Gasteiger partial charge < -0.3 is 15.6 Å². The smallest absolute Gasteiger partial charge is 0.252 e. The fourth-order valence-corrected chi connectivity index (χ4v) is 2.47. The van der Waals surface area contributed by atoms with Gasteiger partial charge in [0.25, 0.3) is 5.91 Å². The highest BCUT2D eigenvalue weighted by atomic mass is 32.1. The van der Waals surface area contributed by atoms with Crippen molar-refractivity contribution in [2.45, 2.75) is 13.0 Å². The molecular weight excluding hydrogens is 286 g/mol. The minimum atomic E-state index is -0.507. The first-order chi connectivity index (χ1) is 10.2. The Labute approximate surface area is 127 Å². The summed E-state index contributed by atoms with van der Waals surface area (Å²) in [5.74, 6) is 5.81. The van der Waals surface area contributed by atoms with Crippen LogP contribution in [0.5, 0.6) is 5.75 Å². The Kier molecular flexibility index (Phi) is 5.38. The topological polar surface area (TPSA) is 72.6 Å². The molecule has 21 heavy (non-hydrogen) atoms. The third-order valence-electron chi connectivity index (χ3n) is 2.63. The molecule has 1 heterocycles. The van der Waals surface area contributed by atoms with Crippen LogP contribution in [0.15, 0.2) is 36.4 Å². The standard InChI is InChI=1S/C16H15NO3S/c17-16(19)14-6-1-2-7-15(14)20-11-13-9-8-12(21-13)5-3-4-10-18/h1-2,6-9,18H,4,10-11H2,(H2,17,19). The maximum Gasteiger partial charge on any atom is 0.252 e. The summed E-state index contributed by atoms with van der Waals surface area (Å²) < 4.78 is 5.64. The number of benzene rings is 1. The number of hydrogen-bond acceptors (Lipinski definition) is 4. The molecule has 2 aromatic rings. The average Bonchev–Trinajstić information content (AvgIpc) is 2.93. The summed E-state index contributed by atoms with van der Waals surface area (Å²) >= 11 is 1.52. The van der Waals surface area contributed by atoms with Gasteiger partial charge in [-0.05, 0) is 24.3 Å². The van der Waals surface area contributed by atoms with E-state index in [0.29, 0.717) is 24.3 Å². The van der Waals surface area contributed by atoms with E-state index >= 15 is 0 Å². The van der Waals surface area contributed by atoms with Gasteiger partial charge in [-0.1, -0.05) is 24.0 Å². The highest BCUT2D eigenvalue weighted by Gasteiger charge is 2.08. The lowest BCUT2D eigenvalue weighted by atomic mass is 10.2. The summed E-state index contributed by atoms with van der Waals surface area (Å²) in [6.07, 6.45) is 0.468. The second-order valence-electron chi connectivity index (χ2n) is 4.19. The number of aliphatic hydroxyl groups is 1.